The predicted octanol–water partition coefficient (Wildman–Crippen LogP) is 4.53. The van der Waals surface area contributed by atoms with Crippen LogP contribution in [0.25, 0.3) is 22.3 Å². The lowest BCUT2D eigenvalue weighted by molar-refractivity contribution is -0.136. The van der Waals surface area contributed by atoms with Crippen LogP contribution in [0, 0.1) is 5.82 Å². The number of carboxylic acids is 1. The molecule has 1 aliphatic rings. The number of hydrogen-bond acceptors (Lipinski definition) is 1. The number of hydrogen-bond donors (Lipinski definition) is 1. The van der Waals surface area contributed by atoms with E-state index in [1.807, 2.05) is 30.3 Å². The topological polar surface area (TPSA) is 42.2 Å². The van der Waals surface area contributed by atoms with E-state index in [0.29, 0.717) is 0 Å². The average molecular weight is 335 g/mol. The maximum Gasteiger partial charge on any atom is 0.309 e. The van der Waals surface area contributed by atoms with E-state index >= 15 is 0 Å². The first-order chi connectivity index (χ1) is 12.1. The lowest BCUT2D eigenvalue weighted by Gasteiger charge is -2.10. The van der Waals surface area contributed by atoms with Crippen molar-refractivity contribution < 1.29 is 14.3 Å². The van der Waals surface area contributed by atoms with Crippen LogP contribution in [0.3, 0.4) is 0 Å². The number of carboxylic acid groups (broad SMARTS) is 1. The fraction of sp³-hybridized carbons (Fsp3) is 0.190. The van der Waals surface area contributed by atoms with E-state index in [9.17, 15) is 14.3 Å². The highest BCUT2D eigenvalue weighted by Crippen LogP contribution is 2.43. The highest BCUT2D eigenvalue weighted by molar-refractivity contribution is 5.90. The van der Waals surface area contributed by atoms with Gasteiger partial charge in [-0.25, -0.2) is 4.39 Å². The predicted molar refractivity (Wildman–Crippen MR) is 94.9 cm³/mol. The van der Waals surface area contributed by atoms with E-state index in [1.165, 1.54) is 17.8 Å². The van der Waals surface area contributed by atoms with Gasteiger partial charge in [0.25, 0.3) is 0 Å². The number of carbonyl (C=O) groups is 1. The van der Waals surface area contributed by atoms with Gasteiger partial charge in [-0.3, -0.25) is 4.79 Å². The minimum absolute atomic E-state index is 0.0352. The average Bonchev–Trinajstić information content (AvgIpc) is 3.18. The van der Waals surface area contributed by atoms with Crippen LogP contribution in [-0.4, -0.2) is 15.6 Å². The van der Waals surface area contributed by atoms with E-state index in [2.05, 4.69) is 4.57 Å². The summed E-state index contributed by atoms with van der Waals surface area (Å²) in [6.07, 6.45) is 1.91. The van der Waals surface area contributed by atoms with Crippen LogP contribution in [0.5, 0.6) is 0 Å². The van der Waals surface area contributed by atoms with Crippen molar-refractivity contribution in [3.63, 3.8) is 0 Å². The molecule has 1 aromatic heterocycles. The Balaban J connectivity index is 2.02. The molecule has 1 N–H and O–H groups in total. The lowest BCUT2D eigenvalue weighted by Crippen LogP contribution is -2.08. The normalized spacial score (nSPS) is 13.0. The number of aromatic nitrogens is 1. The third kappa shape index (κ3) is 2.74. The van der Waals surface area contributed by atoms with Gasteiger partial charge >= 0.3 is 5.97 Å². The summed E-state index contributed by atoms with van der Waals surface area (Å²) in [5.74, 6) is -1.15. The monoisotopic (exact) mass is 335 g/mol. The first kappa shape index (κ1) is 15.6. The molecular weight excluding hydrogens is 317 g/mol. The van der Waals surface area contributed by atoms with Crippen LogP contribution in [-0.2, 0) is 24.2 Å². The largest absolute Gasteiger partial charge is 0.481 e. The maximum atomic E-state index is 13.4. The van der Waals surface area contributed by atoms with E-state index in [0.717, 1.165) is 47.3 Å². The van der Waals surface area contributed by atoms with Crippen molar-refractivity contribution in [3.8, 4) is 22.3 Å². The van der Waals surface area contributed by atoms with Crippen LogP contribution in [0.2, 0.25) is 0 Å². The molecule has 0 radical (unpaired) electrons. The molecule has 0 bridgehead atoms. The molecule has 4 rings (SSSR count). The first-order valence-corrected chi connectivity index (χ1v) is 8.42. The zero-order valence-corrected chi connectivity index (χ0v) is 13.7. The standard InChI is InChI=1S/C21H18FNO2/c22-16-10-8-15(9-11-16)21-18(13-19(24)25)23-12-4-7-17(23)20(21)14-5-2-1-3-6-14/h1-3,5-6,8-11H,4,7,12-13H2,(H,24,25). The Hall–Kier alpha value is -2.88. The second-order valence-corrected chi connectivity index (χ2v) is 6.34. The van der Waals surface area contributed by atoms with Gasteiger partial charge in [-0.15, -0.1) is 0 Å². The number of benzene rings is 2. The van der Waals surface area contributed by atoms with Gasteiger partial charge in [0.15, 0.2) is 0 Å². The quantitative estimate of drug-likeness (QED) is 0.761. The summed E-state index contributed by atoms with van der Waals surface area (Å²) < 4.78 is 15.5. The molecule has 126 valence electrons. The molecule has 3 nitrogen and oxygen atoms in total. The Bertz CT molecular complexity index is 927. The van der Waals surface area contributed by atoms with Gasteiger partial charge in [0.2, 0.25) is 0 Å². The Morgan fingerprint density at radius 2 is 1.68 bits per heavy atom. The van der Waals surface area contributed by atoms with Gasteiger partial charge in [-0.1, -0.05) is 42.5 Å². The highest BCUT2D eigenvalue weighted by Gasteiger charge is 2.28. The van der Waals surface area contributed by atoms with Crippen molar-refractivity contribution in [2.45, 2.75) is 25.8 Å². The van der Waals surface area contributed by atoms with Crippen molar-refractivity contribution in [2.75, 3.05) is 0 Å². The molecule has 0 saturated carbocycles. The van der Waals surface area contributed by atoms with Crippen molar-refractivity contribution >= 4 is 5.97 Å². The lowest BCUT2D eigenvalue weighted by atomic mass is 9.93. The number of halogens is 1. The molecule has 2 aromatic carbocycles. The second-order valence-electron chi connectivity index (χ2n) is 6.34. The third-order valence-electron chi connectivity index (χ3n) is 4.79. The molecular formula is C21H18FNO2. The summed E-state index contributed by atoms with van der Waals surface area (Å²) in [4.78, 5) is 11.5. The van der Waals surface area contributed by atoms with Crippen molar-refractivity contribution in [2.24, 2.45) is 0 Å². The summed E-state index contributed by atoms with van der Waals surface area (Å²) in [6, 6.07) is 16.4. The number of rotatable bonds is 4. The van der Waals surface area contributed by atoms with Gasteiger partial charge in [0, 0.05) is 29.1 Å². The Morgan fingerprint density at radius 1 is 1.00 bits per heavy atom. The Labute approximate surface area is 145 Å². The molecule has 0 unspecified atom stereocenters. The number of aliphatic carboxylic acids is 1. The number of nitrogens with zero attached hydrogens (tertiary/aromatic N) is 1. The zero-order chi connectivity index (χ0) is 17.4. The van der Waals surface area contributed by atoms with E-state index in [4.69, 9.17) is 0 Å². The van der Waals surface area contributed by atoms with Crippen LogP contribution in [0.15, 0.2) is 54.6 Å². The van der Waals surface area contributed by atoms with Crippen LogP contribution in [0.4, 0.5) is 4.39 Å². The van der Waals surface area contributed by atoms with E-state index < -0.39 is 5.97 Å². The van der Waals surface area contributed by atoms with Gasteiger partial charge in [-0.05, 0) is 36.1 Å². The van der Waals surface area contributed by atoms with E-state index in [1.54, 1.807) is 12.1 Å². The first-order valence-electron chi connectivity index (χ1n) is 8.42. The van der Waals surface area contributed by atoms with Crippen LogP contribution >= 0.6 is 0 Å². The molecule has 0 saturated heterocycles. The summed E-state index contributed by atoms with van der Waals surface area (Å²) in [6.45, 7) is 0.832. The zero-order valence-electron chi connectivity index (χ0n) is 13.7. The molecule has 0 aliphatic carbocycles. The fourth-order valence-electron chi connectivity index (χ4n) is 3.83. The minimum atomic E-state index is -0.852. The van der Waals surface area contributed by atoms with Crippen molar-refractivity contribution in [1.82, 2.24) is 4.57 Å². The minimum Gasteiger partial charge on any atom is -0.481 e. The van der Waals surface area contributed by atoms with Gasteiger partial charge in [-0.2, -0.15) is 0 Å². The molecule has 3 aromatic rings. The Morgan fingerprint density at radius 3 is 2.36 bits per heavy atom. The third-order valence-corrected chi connectivity index (χ3v) is 4.79. The second kappa shape index (κ2) is 6.20. The molecule has 2 heterocycles. The summed E-state index contributed by atoms with van der Waals surface area (Å²) >= 11 is 0. The van der Waals surface area contributed by atoms with Gasteiger partial charge < -0.3 is 9.67 Å². The van der Waals surface area contributed by atoms with Crippen molar-refractivity contribution in [3.05, 3.63) is 71.8 Å². The SMILES string of the molecule is O=C(O)Cc1c(-c2ccc(F)cc2)c(-c2ccccc2)c2n1CCC2. The summed E-state index contributed by atoms with van der Waals surface area (Å²) in [5.41, 5.74) is 5.93. The van der Waals surface area contributed by atoms with E-state index in [-0.39, 0.29) is 12.2 Å². The molecule has 0 spiro atoms. The van der Waals surface area contributed by atoms with Crippen LogP contribution < -0.4 is 0 Å². The summed E-state index contributed by atoms with van der Waals surface area (Å²) in [7, 11) is 0. The van der Waals surface area contributed by atoms with Crippen LogP contribution in [0.1, 0.15) is 17.8 Å². The van der Waals surface area contributed by atoms with Gasteiger partial charge in [0.05, 0.1) is 6.42 Å². The smallest absolute Gasteiger partial charge is 0.309 e. The molecule has 25 heavy (non-hydrogen) atoms. The molecule has 0 amide bonds. The highest BCUT2D eigenvalue weighted by atomic mass is 19.1. The van der Waals surface area contributed by atoms with Gasteiger partial charge in [0.1, 0.15) is 5.82 Å². The maximum absolute atomic E-state index is 13.4. The summed E-state index contributed by atoms with van der Waals surface area (Å²) in [5, 5.41) is 9.42. The fourth-order valence-corrected chi connectivity index (χ4v) is 3.83. The molecule has 0 fully saturated rings. The Kier molecular flexibility index (Phi) is 3.88. The van der Waals surface area contributed by atoms with Crippen molar-refractivity contribution in [1.29, 1.82) is 0 Å². The molecule has 0 atom stereocenters. The molecule has 4 heteroatoms. The molecule has 1 aliphatic heterocycles. The number of fused-ring (bicyclic) bond motifs is 1.